The van der Waals surface area contributed by atoms with E-state index in [4.69, 9.17) is 11.6 Å². The molecule has 0 saturated carbocycles. The first kappa shape index (κ1) is 10.2. The van der Waals surface area contributed by atoms with E-state index in [9.17, 15) is 9.59 Å². The van der Waals surface area contributed by atoms with Gasteiger partial charge in [-0.3, -0.25) is 4.79 Å². The van der Waals surface area contributed by atoms with Crippen molar-refractivity contribution in [3.05, 3.63) is 28.7 Å². The highest BCUT2D eigenvalue weighted by atomic mass is 79.9. The fourth-order valence-electron chi connectivity index (χ4n) is 0.678. The molecule has 1 rings (SSSR count). The minimum absolute atomic E-state index is 0.272. The zero-order valence-corrected chi connectivity index (χ0v) is 8.63. The highest BCUT2D eigenvalue weighted by Gasteiger charge is 2.12. The number of benzene rings is 1. The molecule has 0 aliphatic rings. The molecule has 0 amide bonds. The summed E-state index contributed by atoms with van der Waals surface area (Å²) in [6.07, 6.45) is 0. The second kappa shape index (κ2) is 4.39. The van der Waals surface area contributed by atoms with E-state index in [0.29, 0.717) is 0 Å². The number of halogens is 2. The number of hydrogen-bond acceptors (Lipinski definition) is 3. The van der Waals surface area contributed by atoms with Crippen LogP contribution in [0.2, 0.25) is 0 Å². The van der Waals surface area contributed by atoms with Crippen molar-refractivity contribution < 1.29 is 14.3 Å². The lowest BCUT2D eigenvalue weighted by Gasteiger charge is -2.00. The van der Waals surface area contributed by atoms with Gasteiger partial charge in [0.15, 0.2) is 0 Å². The average Bonchev–Trinajstić information content (AvgIpc) is 2.04. The van der Waals surface area contributed by atoms with Crippen molar-refractivity contribution >= 4 is 38.7 Å². The van der Waals surface area contributed by atoms with Crippen LogP contribution in [0.15, 0.2) is 28.7 Å². The lowest BCUT2D eigenvalue weighted by molar-refractivity contribution is -0.143. The Hall–Kier alpha value is -0.870. The first-order valence-corrected chi connectivity index (χ1v) is 4.44. The van der Waals surface area contributed by atoms with Crippen LogP contribution in [0.1, 0.15) is 0 Å². The van der Waals surface area contributed by atoms with Gasteiger partial charge in [-0.15, -0.1) is 0 Å². The number of esters is 1. The van der Waals surface area contributed by atoms with Gasteiger partial charge in [-0.1, -0.05) is 22.0 Å². The van der Waals surface area contributed by atoms with Gasteiger partial charge in [0.05, 0.1) is 0 Å². The molecule has 0 bridgehead atoms. The van der Waals surface area contributed by atoms with Crippen LogP contribution in [-0.4, -0.2) is 11.2 Å². The van der Waals surface area contributed by atoms with Crippen molar-refractivity contribution in [1.29, 1.82) is 0 Å². The number of carbonyl (C=O) groups is 2. The molecule has 5 heteroatoms. The van der Waals surface area contributed by atoms with Crippen molar-refractivity contribution in [3.63, 3.8) is 0 Å². The maximum atomic E-state index is 10.7. The minimum atomic E-state index is -1.14. The molecule has 0 unspecified atom stereocenters. The molecular formula is C8H4BrClO3. The number of ether oxygens (including phenoxy) is 1. The highest BCUT2D eigenvalue weighted by Crippen LogP contribution is 2.17. The summed E-state index contributed by atoms with van der Waals surface area (Å²) in [5.41, 5.74) is 0. The molecule has 0 radical (unpaired) electrons. The Morgan fingerprint density at radius 1 is 1.38 bits per heavy atom. The molecule has 0 saturated heterocycles. The molecule has 1 aromatic carbocycles. The van der Waals surface area contributed by atoms with Crippen molar-refractivity contribution in [3.8, 4) is 5.75 Å². The Bertz CT molecular complexity index is 351. The van der Waals surface area contributed by atoms with Gasteiger partial charge in [0.25, 0.3) is 0 Å². The van der Waals surface area contributed by atoms with Crippen LogP contribution in [-0.2, 0) is 9.59 Å². The van der Waals surface area contributed by atoms with Crippen LogP contribution in [0.25, 0.3) is 0 Å². The van der Waals surface area contributed by atoms with E-state index in [-0.39, 0.29) is 5.75 Å². The maximum absolute atomic E-state index is 10.7. The Kier molecular flexibility index (Phi) is 3.45. The summed E-state index contributed by atoms with van der Waals surface area (Å²) in [5.74, 6) is -0.812. The minimum Gasteiger partial charge on any atom is -0.420 e. The van der Waals surface area contributed by atoms with Gasteiger partial charge in [0, 0.05) is 4.47 Å². The third-order valence-electron chi connectivity index (χ3n) is 1.17. The summed E-state index contributed by atoms with van der Waals surface area (Å²) in [6.45, 7) is 0. The smallest absolute Gasteiger partial charge is 0.396 e. The van der Waals surface area contributed by atoms with E-state index < -0.39 is 11.2 Å². The Morgan fingerprint density at radius 3 is 2.62 bits per heavy atom. The fraction of sp³-hybridized carbons (Fsp3) is 0. The van der Waals surface area contributed by atoms with E-state index in [0.717, 1.165) is 4.47 Å². The van der Waals surface area contributed by atoms with Crippen molar-refractivity contribution in [2.75, 3.05) is 0 Å². The quantitative estimate of drug-likeness (QED) is 0.355. The summed E-state index contributed by atoms with van der Waals surface area (Å²) >= 11 is 8.07. The molecule has 0 atom stereocenters. The standard InChI is InChI=1S/C8H4BrClO3/c9-5-2-1-3-6(4-5)13-8(12)7(10)11/h1-4H. The summed E-state index contributed by atoms with van der Waals surface area (Å²) < 4.78 is 5.36. The molecule has 3 nitrogen and oxygen atoms in total. The van der Waals surface area contributed by atoms with E-state index in [1.807, 2.05) is 0 Å². The molecular weight excluding hydrogens is 259 g/mol. The van der Waals surface area contributed by atoms with E-state index in [1.165, 1.54) is 0 Å². The van der Waals surface area contributed by atoms with Crippen molar-refractivity contribution in [2.24, 2.45) is 0 Å². The molecule has 68 valence electrons. The van der Waals surface area contributed by atoms with Crippen molar-refractivity contribution in [2.45, 2.75) is 0 Å². The third-order valence-corrected chi connectivity index (χ3v) is 1.81. The van der Waals surface area contributed by atoms with Gasteiger partial charge in [0.2, 0.25) is 0 Å². The third kappa shape index (κ3) is 3.16. The van der Waals surface area contributed by atoms with Crippen LogP contribution in [0, 0.1) is 0 Å². The van der Waals surface area contributed by atoms with Gasteiger partial charge in [0.1, 0.15) is 5.75 Å². The zero-order valence-electron chi connectivity index (χ0n) is 6.29. The van der Waals surface area contributed by atoms with Gasteiger partial charge in [-0.25, -0.2) is 4.79 Å². The SMILES string of the molecule is O=C(Cl)C(=O)Oc1cccc(Br)c1. The fourth-order valence-corrected chi connectivity index (χ4v) is 1.09. The van der Waals surface area contributed by atoms with Gasteiger partial charge in [-0.2, -0.15) is 0 Å². The first-order valence-electron chi connectivity index (χ1n) is 3.27. The Balaban J connectivity index is 2.75. The Morgan fingerprint density at radius 2 is 2.08 bits per heavy atom. The Labute approximate surface area is 87.8 Å². The molecule has 0 spiro atoms. The van der Waals surface area contributed by atoms with Crippen LogP contribution in [0.3, 0.4) is 0 Å². The molecule has 1 aromatic rings. The summed E-state index contributed by atoms with van der Waals surface area (Å²) in [7, 11) is 0. The number of rotatable bonds is 2. The molecule has 0 fully saturated rings. The zero-order chi connectivity index (χ0) is 9.84. The maximum Gasteiger partial charge on any atom is 0.396 e. The first-order chi connectivity index (χ1) is 6.09. The van der Waals surface area contributed by atoms with Crippen LogP contribution in [0.5, 0.6) is 5.75 Å². The van der Waals surface area contributed by atoms with Crippen LogP contribution >= 0.6 is 27.5 Å². The molecule has 0 aliphatic heterocycles. The van der Waals surface area contributed by atoms with E-state index >= 15 is 0 Å². The topological polar surface area (TPSA) is 43.4 Å². The second-order valence-corrected chi connectivity index (χ2v) is 3.38. The average molecular weight is 263 g/mol. The van der Waals surface area contributed by atoms with E-state index in [1.54, 1.807) is 24.3 Å². The van der Waals surface area contributed by atoms with Crippen molar-refractivity contribution in [1.82, 2.24) is 0 Å². The predicted octanol–water partition coefficient (Wildman–Crippen LogP) is 2.12. The highest BCUT2D eigenvalue weighted by molar-refractivity contribution is 9.10. The lowest BCUT2D eigenvalue weighted by Crippen LogP contribution is -2.14. The van der Waals surface area contributed by atoms with Crippen LogP contribution < -0.4 is 4.74 Å². The normalized spacial score (nSPS) is 9.38. The monoisotopic (exact) mass is 262 g/mol. The molecule has 0 aliphatic carbocycles. The van der Waals surface area contributed by atoms with Gasteiger partial charge < -0.3 is 4.74 Å². The number of carbonyl (C=O) groups excluding carboxylic acids is 2. The van der Waals surface area contributed by atoms with E-state index in [2.05, 4.69) is 20.7 Å². The molecule has 0 N–H and O–H groups in total. The largest absolute Gasteiger partial charge is 0.420 e. The molecule has 0 aromatic heterocycles. The van der Waals surface area contributed by atoms with Gasteiger partial charge >= 0.3 is 11.2 Å². The summed E-state index contributed by atoms with van der Waals surface area (Å²) in [5, 5.41) is -1.14. The number of hydrogen-bond donors (Lipinski definition) is 0. The van der Waals surface area contributed by atoms with Crippen LogP contribution in [0.4, 0.5) is 0 Å². The second-order valence-electron chi connectivity index (χ2n) is 2.12. The lowest BCUT2D eigenvalue weighted by atomic mass is 10.3. The summed E-state index contributed by atoms with van der Waals surface area (Å²) in [4.78, 5) is 21.0. The summed E-state index contributed by atoms with van der Waals surface area (Å²) in [6, 6.07) is 6.53. The predicted molar refractivity (Wildman–Crippen MR) is 50.6 cm³/mol. The molecule has 13 heavy (non-hydrogen) atoms. The van der Waals surface area contributed by atoms with Gasteiger partial charge in [-0.05, 0) is 29.8 Å². The molecule has 0 heterocycles.